The molecular formula is C21H25N3O5S. The van der Waals surface area contributed by atoms with Crippen LogP contribution in [0.2, 0.25) is 0 Å². The van der Waals surface area contributed by atoms with E-state index in [1.54, 1.807) is 13.1 Å². The molecule has 30 heavy (non-hydrogen) atoms. The second-order valence-electron chi connectivity index (χ2n) is 7.48. The Morgan fingerprint density at radius 1 is 1.10 bits per heavy atom. The van der Waals surface area contributed by atoms with Crippen molar-refractivity contribution < 1.29 is 17.6 Å². The number of nitrogens with zero attached hydrogens (tertiary/aromatic N) is 2. The van der Waals surface area contributed by atoms with Crippen LogP contribution in [0.1, 0.15) is 17.2 Å². The Morgan fingerprint density at radius 3 is 2.50 bits per heavy atom. The summed E-state index contributed by atoms with van der Waals surface area (Å²) >= 11 is 0. The van der Waals surface area contributed by atoms with Gasteiger partial charge in [-0.2, -0.15) is 0 Å². The Hall–Kier alpha value is -2.46. The molecule has 2 heterocycles. The van der Waals surface area contributed by atoms with Gasteiger partial charge in [-0.05, 0) is 24.6 Å². The number of morpholine rings is 1. The number of nitrogens with one attached hydrogen (secondary N) is 1. The van der Waals surface area contributed by atoms with Gasteiger partial charge in [-0.15, -0.1) is 0 Å². The highest BCUT2D eigenvalue weighted by molar-refractivity contribution is 7.89. The summed E-state index contributed by atoms with van der Waals surface area (Å²) in [5, 5.41) is 0. The van der Waals surface area contributed by atoms with Crippen molar-refractivity contribution in [2.75, 3.05) is 32.8 Å². The number of ether oxygens (including phenoxy) is 1. The summed E-state index contributed by atoms with van der Waals surface area (Å²) in [7, 11) is -2.21. The molecule has 1 N–H and O–H groups in total. The summed E-state index contributed by atoms with van der Waals surface area (Å²) in [4.78, 5) is 14.0. The molecule has 1 aromatic heterocycles. The number of rotatable bonds is 6. The molecule has 0 spiro atoms. The first kappa shape index (κ1) is 20.8. The molecule has 0 radical (unpaired) electrons. The van der Waals surface area contributed by atoms with Crippen LogP contribution < -0.4 is 10.5 Å². The smallest absolute Gasteiger partial charge is 0.408 e. The van der Waals surface area contributed by atoms with E-state index in [0.29, 0.717) is 18.7 Å². The van der Waals surface area contributed by atoms with E-state index in [2.05, 4.69) is 9.62 Å². The van der Waals surface area contributed by atoms with Crippen LogP contribution in [0.3, 0.4) is 0 Å². The monoisotopic (exact) mass is 431 g/mol. The first-order chi connectivity index (χ1) is 14.3. The van der Waals surface area contributed by atoms with Gasteiger partial charge in [0.15, 0.2) is 5.58 Å². The molecule has 3 aromatic rings. The zero-order valence-electron chi connectivity index (χ0n) is 17.0. The van der Waals surface area contributed by atoms with Crippen molar-refractivity contribution in [1.82, 2.24) is 14.2 Å². The van der Waals surface area contributed by atoms with E-state index < -0.39 is 15.8 Å². The van der Waals surface area contributed by atoms with Crippen molar-refractivity contribution in [2.24, 2.45) is 7.05 Å². The quantitative estimate of drug-likeness (QED) is 0.640. The third kappa shape index (κ3) is 4.20. The predicted octanol–water partition coefficient (Wildman–Crippen LogP) is 1.79. The minimum atomic E-state index is -3.78. The van der Waals surface area contributed by atoms with Crippen molar-refractivity contribution in [3.63, 3.8) is 0 Å². The summed E-state index contributed by atoms with van der Waals surface area (Å²) in [6, 6.07) is 12.5. The number of aryl methyl sites for hydroxylation is 2. The Morgan fingerprint density at radius 2 is 1.80 bits per heavy atom. The number of fused-ring (bicyclic) bond motifs is 1. The molecule has 4 rings (SSSR count). The number of benzene rings is 2. The van der Waals surface area contributed by atoms with E-state index in [9.17, 15) is 13.2 Å². The summed E-state index contributed by atoms with van der Waals surface area (Å²) in [5.41, 5.74) is 2.99. The van der Waals surface area contributed by atoms with Gasteiger partial charge in [-0.3, -0.25) is 9.47 Å². The standard InChI is InChI=1S/C21H25N3O5S/c1-15-3-5-16(6-4-15)19(24-9-11-28-12-10-24)14-22-30(26,27)17-7-8-18-20(13-17)29-21(25)23(18)2/h3-8,13,19,22H,9-12,14H2,1-2H3. The van der Waals surface area contributed by atoms with E-state index >= 15 is 0 Å². The SMILES string of the molecule is Cc1ccc(C(CNS(=O)(=O)c2ccc3c(c2)oc(=O)n3C)N2CCOCC2)cc1. The van der Waals surface area contributed by atoms with Gasteiger partial charge in [0.25, 0.3) is 0 Å². The van der Waals surface area contributed by atoms with Crippen LogP contribution in [-0.2, 0) is 21.8 Å². The minimum absolute atomic E-state index is 0.0639. The summed E-state index contributed by atoms with van der Waals surface area (Å²) in [5.74, 6) is -0.528. The van der Waals surface area contributed by atoms with Crippen LogP contribution in [0, 0.1) is 6.92 Å². The summed E-state index contributed by atoms with van der Waals surface area (Å²) in [6.45, 7) is 4.97. The second kappa shape index (κ2) is 8.35. The molecule has 0 aliphatic carbocycles. The summed E-state index contributed by atoms with van der Waals surface area (Å²) in [6.07, 6.45) is 0. The zero-order valence-corrected chi connectivity index (χ0v) is 17.8. The van der Waals surface area contributed by atoms with Gasteiger partial charge in [-0.1, -0.05) is 29.8 Å². The van der Waals surface area contributed by atoms with Crippen molar-refractivity contribution in [3.05, 3.63) is 64.1 Å². The van der Waals surface area contributed by atoms with Crippen molar-refractivity contribution >= 4 is 21.1 Å². The molecule has 0 bridgehead atoms. The molecule has 8 nitrogen and oxygen atoms in total. The molecule has 1 fully saturated rings. The van der Waals surface area contributed by atoms with Gasteiger partial charge >= 0.3 is 5.76 Å². The number of sulfonamides is 1. The molecule has 0 saturated carbocycles. The number of hydrogen-bond donors (Lipinski definition) is 1. The normalized spacial score (nSPS) is 16.7. The Balaban J connectivity index is 1.58. The van der Waals surface area contributed by atoms with Crippen LogP contribution >= 0.6 is 0 Å². The lowest BCUT2D eigenvalue weighted by molar-refractivity contribution is 0.0172. The van der Waals surface area contributed by atoms with Gasteiger partial charge in [0.1, 0.15) is 0 Å². The van der Waals surface area contributed by atoms with E-state index in [1.807, 2.05) is 31.2 Å². The molecule has 160 valence electrons. The molecular weight excluding hydrogens is 406 g/mol. The van der Waals surface area contributed by atoms with Crippen LogP contribution in [0.4, 0.5) is 0 Å². The highest BCUT2D eigenvalue weighted by atomic mass is 32.2. The van der Waals surface area contributed by atoms with Crippen molar-refractivity contribution in [1.29, 1.82) is 0 Å². The van der Waals surface area contributed by atoms with Crippen LogP contribution in [0.15, 0.2) is 56.6 Å². The molecule has 1 unspecified atom stereocenters. The molecule has 2 aromatic carbocycles. The van der Waals surface area contributed by atoms with Gasteiger partial charge in [0, 0.05) is 38.8 Å². The van der Waals surface area contributed by atoms with Gasteiger partial charge in [-0.25, -0.2) is 17.9 Å². The van der Waals surface area contributed by atoms with Crippen LogP contribution in [-0.4, -0.2) is 50.7 Å². The maximum atomic E-state index is 13.0. The fraction of sp³-hybridized carbons (Fsp3) is 0.381. The largest absolute Gasteiger partial charge is 0.419 e. The lowest BCUT2D eigenvalue weighted by atomic mass is 10.0. The van der Waals surface area contributed by atoms with E-state index in [1.165, 1.54) is 16.7 Å². The number of oxazole rings is 1. The minimum Gasteiger partial charge on any atom is -0.408 e. The lowest BCUT2D eigenvalue weighted by Crippen LogP contribution is -2.43. The highest BCUT2D eigenvalue weighted by Gasteiger charge is 2.25. The number of aromatic nitrogens is 1. The van der Waals surface area contributed by atoms with Gasteiger partial charge in [0.05, 0.1) is 23.6 Å². The molecule has 1 aliphatic rings. The average Bonchev–Trinajstić information content (AvgIpc) is 3.03. The molecule has 9 heteroatoms. The molecule has 0 amide bonds. The van der Waals surface area contributed by atoms with Crippen LogP contribution in [0.25, 0.3) is 11.1 Å². The molecule has 1 saturated heterocycles. The van der Waals surface area contributed by atoms with Crippen molar-refractivity contribution in [2.45, 2.75) is 17.9 Å². The second-order valence-corrected chi connectivity index (χ2v) is 9.25. The highest BCUT2D eigenvalue weighted by Crippen LogP contribution is 2.23. The number of hydrogen-bond acceptors (Lipinski definition) is 6. The van der Waals surface area contributed by atoms with E-state index in [-0.39, 0.29) is 23.1 Å². The van der Waals surface area contributed by atoms with Crippen molar-refractivity contribution in [3.8, 4) is 0 Å². The Labute approximate surface area is 175 Å². The fourth-order valence-corrected chi connectivity index (χ4v) is 4.74. The average molecular weight is 432 g/mol. The third-order valence-corrected chi connectivity index (χ3v) is 6.91. The van der Waals surface area contributed by atoms with E-state index in [4.69, 9.17) is 9.15 Å². The lowest BCUT2D eigenvalue weighted by Gasteiger charge is -2.35. The van der Waals surface area contributed by atoms with Gasteiger partial charge in [0.2, 0.25) is 10.0 Å². The fourth-order valence-electron chi connectivity index (χ4n) is 3.69. The Bertz CT molecular complexity index is 1190. The van der Waals surface area contributed by atoms with Gasteiger partial charge < -0.3 is 9.15 Å². The predicted molar refractivity (Wildman–Crippen MR) is 113 cm³/mol. The first-order valence-corrected chi connectivity index (χ1v) is 11.3. The first-order valence-electron chi connectivity index (χ1n) is 9.83. The Kier molecular flexibility index (Phi) is 5.79. The maximum absolute atomic E-state index is 13.0. The zero-order chi connectivity index (χ0) is 21.3. The van der Waals surface area contributed by atoms with Crippen LogP contribution in [0.5, 0.6) is 0 Å². The maximum Gasteiger partial charge on any atom is 0.419 e. The topological polar surface area (TPSA) is 93.8 Å². The molecule has 1 aliphatic heterocycles. The summed E-state index contributed by atoms with van der Waals surface area (Å²) < 4.78 is 40.6. The van der Waals surface area contributed by atoms with E-state index in [0.717, 1.165) is 24.2 Å². The third-order valence-electron chi connectivity index (χ3n) is 5.49. The molecule has 1 atom stereocenters.